The van der Waals surface area contributed by atoms with Crippen LogP contribution in [0.1, 0.15) is 12.8 Å². The number of likely N-dealkylation sites (tertiary alicyclic amines) is 1. The molecule has 0 aromatic carbocycles. The van der Waals surface area contributed by atoms with Gasteiger partial charge < -0.3 is 13.8 Å². The second-order valence-corrected chi connectivity index (χ2v) is 7.76. The van der Waals surface area contributed by atoms with Crippen LogP contribution in [0.2, 0.25) is 12.6 Å². The Morgan fingerprint density at radius 3 is 2.38 bits per heavy atom. The summed E-state index contributed by atoms with van der Waals surface area (Å²) in [7, 11) is 1.27. The standard InChI is InChI=1S/C10H19NO4Si/c1-14-16(3,15-2)6-4-5-11-8-9(12)7-10(11)13/h4-8H2,1-3H3. The molecule has 1 aliphatic heterocycles. The van der Waals surface area contributed by atoms with Gasteiger partial charge in [0.05, 0.1) is 13.0 Å². The Labute approximate surface area is 97.0 Å². The molecule has 0 aromatic rings. The molecule has 0 atom stereocenters. The molecule has 0 aromatic heterocycles. The van der Waals surface area contributed by atoms with Crippen molar-refractivity contribution in [2.45, 2.75) is 25.4 Å². The summed E-state index contributed by atoms with van der Waals surface area (Å²) in [5.74, 6) is -0.0355. The fraction of sp³-hybridized carbons (Fsp3) is 0.800. The fourth-order valence-electron chi connectivity index (χ4n) is 1.72. The molecule has 1 heterocycles. The first-order valence-corrected chi connectivity index (χ1v) is 7.93. The lowest BCUT2D eigenvalue weighted by Crippen LogP contribution is -2.37. The maximum Gasteiger partial charge on any atom is 0.334 e. The Kier molecular flexibility index (Phi) is 4.64. The van der Waals surface area contributed by atoms with E-state index in [0.29, 0.717) is 6.54 Å². The van der Waals surface area contributed by atoms with E-state index in [2.05, 4.69) is 0 Å². The molecule has 1 saturated heterocycles. The highest BCUT2D eigenvalue weighted by Crippen LogP contribution is 2.15. The van der Waals surface area contributed by atoms with Crippen molar-refractivity contribution in [3.63, 3.8) is 0 Å². The van der Waals surface area contributed by atoms with E-state index in [1.807, 2.05) is 6.55 Å². The van der Waals surface area contributed by atoms with Gasteiger partial charge in [0.2, 0.25) is 5.91 Å². The average molecular weight is 245 g/mol. The van der Waals surface area contributed by atoms with Gasteiger partial charge in [-0.05, 0) is 19.0 Å². The van der Waals surface area contributed by atoms with Gasteiger partial charge in [0.25, 0.3) is 0 Å². The van der Waals surface area contributed by atoms with Crippen molar-refractivity contribution in [2.24, 2.45) is 0 Å². The predicted octanol–water partition coefficient (Wildman–Crippen LogP) is 0.543. The molecule has 6 heteroatoms. The third-order valence-corrected chi connectivity index (χ3v) is 5.98. The molecular weight excluding hydrogens is 226 g/mol. The summed E-state index contributed by atoms with van der Waals surface area (Å²) in [6.45, 7) is 2.89. The molecule has 0 spiro atoms. The van der Waals surface area contributed by atoms with Gasteiger partial charge in [0.1, 0.15) is 0 Å². The number of rotatable bonds is 6. The Morgan fingerprint density at radius 2 is 1.94 bits per heavy atom. The highest BCUT2D eigenvalue weighted by Gasteiger charge is 2.30. The van der Waals surface area contributed by atoms with Crippen LogP contribution in [0.25, 0.3) is 0 Å². The minimum Gasteiger partial charge on any atom is -0.398 e. The van der Waals surface area contributed by atoms with E-state index in [4.69, 9.17) is 8.85 Å². The first-order valence-electron chi connectivity index (χ1n) is 5.40. The summed E-state index contributed by atoms with van der Waals surface area (Å²) in [5, 5.41) is 0. The van der Waals surface area contributed by atoms with E-state index in [1.54, 1.807) is 19.1 Å². The van der Waals surface area contributed by atoms with E-state index >= 15 is 0 Å². The maximum absolute atomic E-state index is 11.3. The topological polar surface area (TPSA) is 55.8 Å². The van der Waals surface area contributed by atoms with Crippen LogP contribution in [-0.2, 0) is 18.4 Å². The molecule has 1 fully saturated rings. The highest BCUT2D eigenvalue weighted by molar-refractivity contribution is 6.65. The van der Waals surface area contributed by atoms with Gasteiger partial charge >= 0.3 is 8.56 Å². The zero-order valence-electron chi connectivity index (χ0n) is 10.1. The van der Waals surface area contributed by atoms with Crippen LogP contribution in [0.4, 0.5) is 0 Å². The molecule has 1 amide bonds. The second-order valence-electron chi connectivity index (χ2n) is 4.18. The second kappa shape index (κ2) is 5.56. The summed E-state index contributed by atoms with van der Waals surface area (Å²) in [6, 6.07) is 0.831. The molecule has 1 rings (SSSR count). The number of hydrogen-bond donors (Lipinski definition) is 0. The summed E-state index contributed by atoms with van der Waals surface area (Å²) < 4.78 is 10.7. The van der Waals surface area contributed by atoms with E-state index in [1.165, 1.54) is 0 Å². The maximum atomic E-state index is 11.3. The number of carbonyl (C=O) groups is 2. The van der Waals surface area contributed by atoms with Gasteiger partial charge in [-0.25, -0.2) is 0 Å². The zero-order chi connectivity index (χ0) is 12.2. The van der Waals surface area contributed by atoms with Crippen molar-refractivity contribution >= 4 is 20.3 Å². The van der Waals surface area contributed by atoms with Crippen molar-refractivity contribution in [2.75, 3.05) is 27.3 Å². The number of nitrogens with zero attached hydrogens (tertiary/aromatic N) is 1. The summed E-state index contributed by atoms with van der Waals surface area (Å²) in [5.41, 5.74) is 0. The van der Waals surface area contributed by atoms with Gasteiger partial charge in [-0.1, -0.05) is 0 Å². The van der Waals surface area contributed by atoms with E-state index in [-0.39, 0.29) is 24.7 Å². The number of hydrogen-bond acceptors (Lipinski definition) is 4. The molecule has 0 N–H and O–H groups in total. The molecule has 0 radical (unpaired) electrons. The lowest BCUT2D eigenvalue weighted by atomic mass is 10.3. The molecule has 92 valence electrons. The number of Topliss-reactive ketones (excluding diaryl/α,β-unsaturated/α-hetero) is 1. The van der Waals surface area contributed by atoms with Crippen LogP contribution in [0.15, 0.2) is 0 Å². The van der Waals surface area contributed by atoms with Gasteiger partial charge in [0.15, 0.2) is 5.78 Å². The van der Waals surface area contributed by atoms with Crippen LogP contribution in [0.3, 0.4) is 0 Å². The van der Waals surface area contributed by atoms with Crippen molar-refractivity contribution in [1.29, 1.82) is 0 Å². The number of ketones is 1. The van der Waals surface area contributed by atoms with Gasteiger partial charge in [0, 0.05) is 20.8 Å². The normalized spacial score (nSPS) is 17.3. The Morgan fingerprint density at radius 1 is 1.31 bits per heavy atom. The van der Waals surface area contributed by atoms with Crippen molar-refractivity contribution in [3.8, 4) is 0 Å². The van der Waals surface area contributed by atoms with Crippen LogP contribution < -0.4 is 0 Å². The molecule has 0 saturated carbocycles. The van der Waals surface area contributed by atoms with E-state index in [9.17, 15) is 9.59 Å². The lowest BCUT2D eigenvalue weighted by molar-refractivity contribution is -0.127. The molecule has 5 nitrogen and oxygen atoms in total. The van der Waals surface area contributed by atoms with E-state index in [0.717, 1.165) is 12.5 Å². The minimum absolute atomic E-state index is 0.0171. The Balaban J connectivity index is 2.30. The Hall–Kier alpha value is -0.723. The third-order valence-electron chi connectivity index (χ3n) is 2.99. The monoisotopic (exact) mass is 245 g/mol. The quantitative estimate of drug-likeness (QED) is 0.506. The molecule has 1 aliphatic rings. The van der Waals surface area contributed by atoms with Crippen LogP contribution in [0, 0.1) is 0 Å². The largest absolute Gasteiger partial charge is 0.398 e. The SMILES string of the molecule is CO[Si](C)(CCCN1CC(=O)CC1=O)OC. The summed E-state index contributed by atoms with van der Waals surface area (Å²) >= 11 is 0. The van der Waals surface area contributed by atoms with Crippen molar-refractivity contribution in [1.82, 2.24) is 4.90 Å². The summed E-state index contributed by atoms with van der Waals surface area (Å²) in [4.78, 5) is 24.0. The Bertz CT molecular complexity index is 278. The molecule has 0 unspecified atom stereocenters. The summed E-state index contributed by atoms with van der Waals surface area (Å²) in [6.07, 6.45) is 0.896. The molecule has 0 bridgehead atoms. The van der Waals surface area contributed by atoms with Gasteiger partial charge in [-0.15, -0.1) is 0 Å². The fourth-order valence-corrected chi connectivity index (χ4v) is 3.09. The number of carbonyl (C=O) groups excluding carboxylic acids is 2. The van der Waals surface area contributed by atoms with Crippen LogP contribution in [0.5, 0.6) is 0 Å². The highest BCUT2D eigenvalue weighted by atomic mass is 28.4. The van der Waals surface area contributed by atoms with Crippen LogP contribution >= 0.6 is 0 Å². The molecule has 0 aliphatic carbocycles. The smallest absolute Gasteiger partial charge is 0.334 e. The third kappa shape index (κ3) is 3.40. The first-order chi connectivity index (χ1) is 7.50. The molecular formula is C10H19NO4Si. The predicted molar refractivity (Wildman–Crippen MR) is 61.3 cm³/mol. The number of amides is 1. The lowest BCUT2D eigenvalue weighted by Gasteiger charge is -2.23. The zero-order valence-corrected chi connectivity index (χ0v) is 11.1. The van der Waals surface area contributed by atoms with Crippen molar-refractivity contribution < 1.29 is 18.4 Å². The first kappa shape index (κ1) is 13.3. The van der Waals surface area contributed by atoms with Crippen molar-refractivity contribution in [3.05, 3.63) is 0 Å². The van der Waals surface area contributed by atoms with Gasteiger partial charge in [-0.2, -0.15) is 0 Å². The van der Waals surface area contributed by atoms with Gasteiger partial charge in [-0.3, -0.25) is 9.59 Å². The van der Waals surface area contributed by atoms with E-state index < -0.39 is 8.56 Å². The minimum atomic E-state index is -2.03. The molecule has 16 heavy (non-hydrogen) atoms. The average Bonchev–Trinajstić information content (AvgIpc) is 2.57. The van der Waals surface area contributed by atoms with Crippen LogP contribution in [-0.4, -0.2) is 52.5 Å².